The topological polar surface area (TPSA) is 38.8 Å². The Morgan fingerprint density at radius 1 is 1.16 bits per heavy atom. The van der Waals surface area contributed by atoms with E-state index < -0.39 is 0 Å². The molecule has 0 spiro atoms. The highest BCUT2D eigenvalue weighted by atomic mass is 35.5. The van der Waals surface area contributed by atoms with Crippen LogP contribution >= 0.6 is 12.4 Å². The SMILES string of the molecule is CCCOc1cc(C)c(C(=O)OCCC(C)N2CCCC2)c(C)c1.Cl. The number of nitrogens with zero attached hydrogens (tertiary/aromatic N) is 1. The molecule has 0 N–H and O–H groups in total. The van der Waals surface area contributed by atoms with E-state index in [4.69, 9.17) is 9.47 Å². The second kappa shape index (κ2) is 10.7. The highest BCUT2D eigenvalue weighted by molar-refractivity contribution is 5.93. The predicted molar refractivity (Wildman–Crippen MR) is 104 cm³/mol. The molecule has 0 amide bonds. The van der Waals surface area contributed by atoms with Gasteiger partial charge in [-0.2, -0.15) is 0 Å². The predicted octanol–water partition coefficient (Wildman–Crippen LogP) is 4.55. The van der Waals surface area contributed by atoms with Gasteiger partial charge in [0.1, 0.15) is 5.75 Å². The van der Waals surface area contributed by atoms with Gasteiger partial charge >= 0.3 is 5.97 Å². The molecule has 142 valence electrons. The maximum atomic E-state index is 12.4. The summed E-state index contributed by atoms with van der Waals surface area (Å²) < 4.78 is 11.2. The highest BCUT2D eigenvalue weighted by Crippen LogP contribution is 2.23. The number of carbonyl (C=O) groups is 1. The van der Waals surface area contributed by atoms with Crippen molar-refractivity contribution in [3.05, 3.63) is 28.8 Å². The second-order valence-corrected chi connectivity index (χ2v) is 6.80. The van der Waals surface area contributed by atoms with Crippen molar-refractivity contribution in [2.24, 2.45) is 0 Å². The minimum atomic E-state index is -0.222. The van der Waals surface area contributed by atoms with E-state index in [9.17, 15) is 4.79 Å². The van der Waals surface area contributed by atoms with Gasteiger partial charge in [-0.1, -0.05) is 6.92 Å². The van der Waals surface area contributed by atoms with Crippen LogP contribution in [0.1, 0.15) is 61.0 Å². The average molecular weight is 370 g/mol. The molecule has 2 rings (SSSR count). The summed E-state index contributed by atoms with van der Waals surface area (Å²) in [6.07, 6.45) is 4.43. The quantitative estimate of drug-likeness (QED) is 0.630. The smallest absolute Gasteiger partial charge is 0.338 e. The molecule has 0 bridgehead atoms. The van der Waals surface area contributed by atoms with Crippen LogP contribution in [0.15, 0.2) is 12.1 Å². The van der Waals surface area contributed by atoms with E-state index in [1.165, 1.54) is 25.9 Å². The van der Waals surface area contributed by atoms with Gasteiger partial charge in [-0.3, -0.25) is 0 Å². The van der Waals surface area contributed by atoms with Crippen LogP contribution < -0.4 is 4.74 Å². The zero-order valence-corrected chi connectivity index (χ0v) is 16.8. The van der Waals surface area contributed by atoms with Gasteiger partial charge < -0.3 is 14.4 Å². The lowest BCUT2D eigenvalue weighted by Gasteiger charge is -2.23. The molecule has 1 fully saturated rings. The van der Waals surface area contributed by atoms with Crippen molar-refractivity contribution in [2.45, 2.75) is 59.4 Å². The Hall–Kier alpha value is -1.26. The molecule has 0 saturated carbocycles. The maximum Gasteiger partial charge on any atom is 0.338 e. The van der Waals surface area contributed by atoms with E-state index in [2.05, 4.69) is 18.7 Å². The van der Waals surface area contributed by atoms with Gasteiger partial charge in [-0.05, 0) is 82.8 Å². The number of aryl methyl sites for hydroxylation is 2. The molecule has 4 nitrogen and oxygen atoms in total. The fraction of sp³-hybridized carbons (Fsp3) is 0.650. The van der Waals surface area contributed by atoms with Crippen molar-refractivity contribution in [2.75, 3.05) is 26.3 Å². The van der Waals surface area contributed by atoms with Crippen LogP contribution in [0.25, 0.3) is 0 Å². The van der Waals surface area contributed by atoms with E-state index >= 15 is 0 Å². The molecule has 0 aliphatic carbocycles. The lowest BCUT2D eigenvalue weighted by Crippen LogP contribution is -2.31. The van der Waals surface area contributed by atoms with Crippen molar-refractivity contribution >= 4 is 18.4 Å². The van der Waals surface area contributed by atoms with Crippen LogP contribution in [0.3, 0.4) is 0 Å². The second-order valence-electron chi connectivity index (χ2n) is 6.80. The number of benzene rings is 1. The Balaban J connectivity index is 0.00000312. The van der Waals surface area contributed by atoms with Gasteiger partial charge in [-0.25, -0.2) is 4.79 Å². The van der Waals surface area contributed by atoms with E-state index in [1.807, 2.05) is 26.0 Å². The number of hydrogen-bond donors (Lipinski definition) is 0. The minimum Gasteiger partial charge on any atom is -0.494 e. The number of hydrogen-bond acceptors (Lipinski definition) is 4. The zero-order valence-electron chi connectivity index (χ0n) is 16.0. The van der Waals surface area contributed by atoms with Crippen LogP contribution in [-0.2, 0) is 4.74 Å². The van der Waals surface area contributed by atoms with E-state index in [0.717, 1.165) is 29.7 Å². The monoisotopic (exact) mass is 369 g/mol. The van der Waals surface area contributed by atoms with E-state index in [-0.39, 0.29) is 18.4 Å². The summed E-state index contributed by atoms with van der Waals surface area (Å²) in [5.41, 5.74) is 2.50. The lowest BCUT2D eigenvalue weighted by molar-refractivity contribution is 0.0469. The van der Waals surface area contributed by atoms with Gasteiger partial charge in [-0.15, -0.1) is 12.4 Å². The van der Waals surface area contributed by atoms with Crippen molar-refractivity contribution < 1.29 is 14.3 Å². The molecule has 1 saturated heterocycles. The first kappa shape index (κ1) is 21.8. The summed E-state index contributed by atoms with van der Waals surface area (Å²) in [5, 5.41) is 0. The lowest BCUT2D eigenvalue weighted by atomic mass is 10.0. The Morgan fingerprint density at radius 2 is 1.76 bits per heavy atom. The standard InChI is InChI=1S/C20H31NO3.ClH/c1-5-11-23-18-13-15(2)19(16(3)14-18)20(22)24-12-8-17(4)21-9-6-7-10-21;/h13-14,17H,5-12H2,1-4H3;1H. The first-order valence-corrected chi connectivity index (χ1v) is 9.18. The molecular weight excluding hydrogens is 338 g/mol. The van der Waals surface area contributed by atoms with Gasteiger partial charge in [0.2, 0.25) is 0 Å². The summed E-state index contributed by atoms with van der Waals surface area (Å²) >= 11 is 0. The molecule has 0 radical (unpaired) electrons. The molecule has 1 unspecified atom stereocenters. The molecule has 0 aromatic heterocycles. The summed E-state index contributed by atoms with van der Waals surface area (Å²) in [4.78, 5) is 14.9. The van der Waals surface area contributed by atoms with Crippen molar-refractivity contribution in [1.29, 1.82) is 0 Å². The van der Waals surface area contributed by atoms with Crippen LogP contribution in [0.5, 0.6) is 5.75 Å². The van der Waals surface area contributed by atoms with Crippen LogP contribution in [-0.4, -0.2) is 43.2 Å². The van der Waals surface area contributed by atoms with Crippen molar-refractivity contribution in [1.82, 2.24) is 4.90 Å². The fourth-order valence-electron chi connectivity index (χ4n) is 3.31. The Kier molecular flexibility index (Phi) is 9.30. The fourth-order valence-corrected chi connectivity index (χ4v) is 3.31. The molecule has 1 aliphatic heterocycles. The first-order valence-electron chi connectivity index (χ1n) is 9.18. The van der Waals surface area contributed by atoms with Gasteiger partial charge in [0.15, 0.2) is 0 Å². The Morgan fingerprint density at radius 3 is 2.32 bits per heavy atom. The molecule has 1 atom stereocenters. The normalized spacial score (nSPS) is 15.5. The number of esters is 1. The van der Waals surface area contributed by atoms with E-state index in [0.29, 0.717) is 24.8 Å². The minimum absolute atomic E-state index is 0. The van der Waals surface area contributed by atoms with Gasteiger partial charge in [0.25, 0.3) is 0 Å². The van der Waals surface area contributed by atoms with Crippen molar-refractivity contribution in [3.8, 4) is 5.75 Å². The first-order chi connectivity index (χ1) is 11.5. The number of ether oxygens (including phenoxy) is 2. The van der Waals surface area contributed by atoms with Crippen LogP contribution in [0.2, 0.25) is 0 Å². The molecular formula is C20H32ClNO3. The number of halogens is 1. The molecule has 5 heteroatoms. The Labute approximate surface area is 158 Å². The largest absolute Gasteiger partial charge is 0.494 e. The number of carbonyl (C=O) groups excluding carboxylic acids is 1. The average Bonchev–Trinajstić information content (AvgIpc) is 3.06. The highest BCUT2D eigenvalue weighted by Gasteiger charge is 2.19. The third-order valence-corrected chi connectivity index (χ3v) is 4.72. The molecule has 1 heterocycles. The van der Waals surface area contributed by atoms with Crippen LogP contribution in [0, 0.1) is 13.8 Å². The van der Waals surface area contributed by atoms with E-state index in [1.54, 1.807) is 0 Å². The molecule has 1 aromatic rings. The zero-order chi connectivity index (χ0) is 17.5. The van der Waals surface area contributed by atoms with Crippen LogP contribution in [0.4, 0.5) is 0 Å². The van der Waals surface area contributed by atoms with Gasteiger partial charge in [0, 0.05) is 6.04 Å². The molecule has 1 aromatic carbocycles. The van der Waals surface area contributed by atoms with Gasteiger partial charge in [0.05, 0.1) is 18.8 Å². The number of rotatable bonds is 8. The maximum absolute atomic E-state index is 12.4. The summed E-state index contributed by atoms with van der Waals surface area (Å²) in [6, 6.07) is 4.32. The molecule has 25 heavy (non-hydrogen) atoms. The number of likely N-dealkylation sites (tertiary alicyclic amines) is 1. The third kappa shape index (κ3) is 6.19. The Bertz CT molecular complexity index is 533. The molecule has 1 aliphatic rings. The summed E-state index contributed by atoms with van der Waals surface area (Å²) in [6.45, 7) is 11.7. The summed E-state index contributed by atoms with van der Waals surface area (Å²) in [7, 11) is 0. The third-order valence-electron chi connectivity index (χ3n) is 4.72. The summed E-state index contributed by atoms with van der Waals surface area (Å²) in [5.74, 6) is 0.603. The van der Waals surface area contributed by atoms with Crippen molar-refractivity contribution in [3.63, 3.8) is 0 Å².